The molecular weight excluding hydrogens is 134 g/mol. The lowest BCUT2D eigenvalue weighted by Crippen LogP contribution is -1.87. The van der Waals surface area contributed by atoms with Gasteiger partial charge in [0.2, 0.25) is 0 Å². The minimum atomic E-state index is -1.19. The van der Waals surface area contributed by atoms with Crippen LogP contribution in [0.3, 0.4) is 0 Å². The molecule has 0 aromatic heterocycles. The molecule has 0 aliphatic carbocycles. The summed E-state index contributed by atoms with van der Waals surface area (Å²) in [5, 5.41) is 0. The lowest BCUT2D eigenvalue weighted by molar-refractivity contribution is 0.336. The van der Waals surface area contributed by atoms with Crippen molar-refractivity contribution in [3.8, 4) is 0 Å². The third-order valence-corrected chi connectivity index (χ3v) is 1.07. The summed E-state index contributed by atoms with van der Waals surface area (Å²) in [5.41, 5.74) is 0. The van der Waals surface area contributed by atoms with Gasteiger partial charge in [-0.05, 0) is 0 Å². The van der Waals surface area contributed by atoms with E-state index in [-0.39, 0.29) is 0 Å². The Bertz CT molecular complexity index is 41.9. The molecule has 0 spiro atoms. The predicted molar refractivity (Wildman–Crippen MR) is 31.7 cm³/mol. The van der Waals surface area contributed by atoms with Gasteiger partial charge < -0.3 is 9.42 Å². The number of hydrogen-bond donors (Lipinski definition) is 1. The summed E-state index contributed by atoms with van der Waals surface area (Å²) in [6.07, 6.45) is 0. The van der Waals surface area contributed by atoms with Gasteiger partial charge in [-0.15, -0.1) is 11.6 Å². The van der Waals surface area contributed by atoms with Gasteiger partial charge in [-0.1, -0.05) is 0 Å². The van der Waals surface area contributed by atoms with Gasteiger partial charge >= 0.3 is 0 Å². The summed E-state index contributed by atoms with van der Waals surface area (Å²) >= 11 is 5.22. The van der Waals surface area contributed by atoms with Crippen LogP contribution >= 0.6 is 20.0 Å². The Morgan fingerprint density at radius 1 is 1.86 bits per heavy atom. The summed E-state index contributed by atoms with van der Waals surface area (Å²) in [5.74, 6) is 0.452. The van der Waals surface area contributed by atoms with Gasteiger partial charge in [0.25, 0.3) is 0 Å². The van der Waals surface area contributed by atoms with E-state index in [0.29, 0.717) is 12.5 Å². The van der Waals surface area contributed by atoms with E-state index in [4.69, 9.17) is 16.5 Å². The van der Waals surface area contributed by atoms with Crippen molar-refractivity contribution in [3.63, 3.8) is 0 Å². The van der Waals surface area contributed by atoms with Crippen molar-refractivity contribution in [1.82, 2.24) is 0 Å². The Balaban J connectivity index is 2.68. The molecule has 0 bridgehead atoms. The molecule has 0 saturated carbocycles. The summed E-state index contributed by atoms with van der Waals surface area (Å²) in [4.78, 5) is 8.47. The van der Waals surface area contributed by atoms with Gasteiger partial charge in [-0.3, -0.25) is 0 Å². The third-order valence-electron chi connectivity index (χ3n) is 0.355. The van der Waals surface area contributed by atoms with Crippen LogP contribution < -0.4 is 0 Å². The molecule has 0 rings (SSSR count). The second-order valence-corrected chi connectivity index (χ2v) is 2.55. The molecule has 0 aliphatic rings. The van der Waals surface area contributed by atoms with E-state index in [9.17, 15) is 0 Å². The fraction of sp³-hybridized carbons (Fsp3) is 1.00. The van der Waals surface area contributed by atoms with E-state index < -0.39 is 8.38 Å². The van der Waals surface area contributed by atoms with Crippen LogP contribution in [0.25, 0.3) is 0 Å². The van der Waals surface area contributed by atoms with Crippen LogP contribution in [0.2, 0.25) is 0 Å². The lowest BCUT2D eigenvalue weighted by atomic mass is 10.9. The third kappa shape index (κ3) is 6.64. The van der Waals surface area contributed by atoms with Crippen LogP contribution in [0, 0.1) is 0 Å². The average molecular weight is 143 g/mol. The minimum absolute atomic E-state index is 0.445. The summed E-state index contributed by atoms with van der Waals surface area (Å²) < 4.78 is 4.68. The molecule has 44 valence electrons. The van der Waals surface area contributed by atoms with Crippen molar-refractivity contribution in [2.24, 2.45) is 0 Å². The molecule has 4 heteroatoms. The number of hydrogen-bond acceptors (Lipinski definition) is 2. The maximum Gasteiger partial charge on any atom is 0.164 e. The topological polar surface area (TPSA) is 29.5 Å². The summed E-state index contributed by atoms with van der Waals surface area (Å²) in [6, 6.07) is 0. The van der Waals surface area contributed by atoms with Crippen LogP contribution in [0.4, 0.5) is 0 Å². The molecule has 0 aliphatic heterocycles. The molecule has 0 heterocycles. The van der Waals surface area contributed by atoms with Gasteiger partial charge in [0.15, 0.2) is 8.38 Å². The first-order chi connectivity index (χ1) is 3.27. The zero-order valence-electron chi connectivity index (χ0n) is 4.09. The summed E-state index contributed by atoms with van der Waals surface area (Å²) in [6.45, 7) is 2.06. The van der Waals surface area contributed by atoms with Crippen molar-refractivity contribution in [2.45, 2.75) is 0 Å². The molecule has 1 unspecified atom stereocenters. The quantitative estimate of drug-likeness (QED) is 0.474. The van der Waals surface area contributed by atoms with Crippen LogP contribution in [0.15, 0.2) is 0 Å². The van der Waals surface area contributed by atoms with E-state index in [0.717, 1.165) is 0 Å². The first kappa shape index (κ1) is 7.64. The van der Waals surface area contributed by atoms with Crippen LogP contribution in [-0.2, 0) is 4.52 Å². The molecule has 0 saturated heterocycles. The van der Waals surface area contributed by atoms with Crippen molar-refractivity contribution in [1.29, 1.82) is 0 Å². The second-order valence-electron chi connectivity index (χ2n) is 0.986. The Kier molecular flexibility index (Phi) is 5.23. The molecule has 7 heavy (non-hydrogen) atoms. The second kappa shape index (κ2) is 4.79. The van der Waals surface area contributed by atoms with Crippen molar-refractivity contribution in [3.05, 3.63) is 0 Å². The first-order valence-corrected chi connectivity index (χ1v) is 4.08. The van der Waals surface area contributed by atoms with Crippen molar-refractivity contribution >= 4 is 20.0 Å². The van der Waals surface area contributed by atoms with E-state index in [1.54, 1.807) is 6.66 Å². The molecule has 2 nitrogen and oxygen atoms in total. The van der Waals surface area contributed by atoms with Gasteiger partial charge in [0, 0.05) is 12.5 Å². The Morgan fingerprint density at radius 3 is 2.57 bits per heavy atom. The predicted octanol–water partition coefficient (Wildman–Crippen LogP) is 1.18. The van der Waals surface area contributed by atoms with Crippen LogP contribution in [0.1, 0.15) is 0 Å². The fourth-order valence-electron chi connectivity index (χ4n) is 0.167. The summed E-state index contributed by atoms with van der Waals surface area (Å²) in [7, 11) is -1.19. The standard InChI is InChI=1S/C3H8ClO2P/c1-7(5)6-3-2-4/h5H,2-3H2,1H3. The van der Waals surface area contributed by atoms with Gasteiger partial charge in [0.1, 0.15) is 0 Å². The van der Waals surface area contributed by atoms with Crippen LogP contribution in [0.5, 0.6) is 0 Å². The highest BCUT2D eigenvalue weighted by Gasteiger charge is 1.90. The Hall–Kier alpha value is 0.640. The van der Waals surface area contributed by atoms with Gasteiger partial charge in [-0.25, -0.2) is 0 Å². The van der Waals surface area contributed by atoms with Crippen molar-refractivity contribution in [2.75, 3.05) is 19.2 Å². The normalized spacial score (nSPS) is 14.1. The van der Waals surface area contributed by atoms with Gasteiger partial charge in [0.05, 0.1) is 6.61 Å². The fourth-order valence-corrected chi connectivity index (χ4v) is 0.707. The van der Waals surface area contributed by atoms with Crippen molar-refractivity contribution < 1.29 is 9.42 Å². The number of alkyl halides is 1. The molecule has 0 amide bonds. The van der Waals surface area contributed by atoms with E-state index >= 15 is 0 Å². The molecule has 1 atom stereocenters. The highest BCUT2D eigenvalue weighted by Crippen LogP contribution is 2.24. The van der Waals surface area contributed by atoms with E-state index in [1.807, 2.05) is 0 Å². The molecule has 0 radical (unpaired) electrons. The smallest absolute Gasteiger partial charge is 0.164 e. The average Bonchev–Trinajstić information content (AvgIpc) is 1.61. The molecule has 0 fully saturated rings. The number of rotatable bonds is 3. The molecular formula is C3H8ClO2P. The van der Waals surface area contributed by atoms with E-state index in [1.165, 1.54) is 0 Å². The highest BCUT2D eigenvalue weighted by atomic mass is 35.5. The van der Waals surface area contributed by atoms with Gasteiger partial charge in [-0.2, -0.15) is 0 Å². The highest BCUT2D eigenvalue weighted by molar-refractivity contribution is 7.45. The van der Waals surface area contributed by atoms with Crippen LogP contribution in [-0.4, -0.2) is 24.0 Å². The minimum Gasteiger partial charge on any atom is -0.350 e. The maximum absolute atomic E-state index is 8.47. The number of halogens is 1. The zero-order chi connectivity index (χ0) is 5.70. The molecule has 1 N–H and O–H groups in total. The lowest BCUT2D eigenvalue weighted by Gasteiger charge is -2.00. The SMILES string of the molecule is CP(O)OCCCl. The Labute approximate surface area is 49.4 Å². The molecule has 0 aromatic rings. The zero-order valence-corrected chi connectivity index (χ0v) is 5.75. The largest absolute Gasteiger partial charge is 0.350 e. The monoisotopic (exact) mass is 142 g/mol. The Morgan fingerprint density at radius 2 is 2.43 bits per heavy atom. The van der Waals surface area contributed by atoms with E-state index in [2.05, 4.69) is 4.52 Å². The first-order valence-electron chi connectivity index (χ1n) is 1.89. The molecule has 0 aromatic carbocycles. The maximum atomic E-state index is 8.47.